The van der Waals surface area contributed by atoms with Crippen molar-refractivity contribution in [1.29, 1.82) is 0 Å². The Labute approximate surface area is 209 Å². The second-order valence-electron chi connectivity index (χ2n) is 8.79. The number of amidine groups is 1. The minimum atomic E-state index is -1.11. The molecular weight excluding hydrogens is 461 g/mol. The highest BCUT2D eigenvalue weighted by Gasteiger charge is 2.52. The van der Waals surface area contributed by atoms with Crippen LogP contribution in [0.2, 0.25) is 0 Å². The van der Waals surface area contributed by atoms with Crippen LogP contribution < -0.4 is 4.74 Å². The summed E-state index contributed by atoms with van der Waals surface area (Å²) < 4.78 is 21.3. The molecule has 36 heavy (non-hydrogen) atoms. The Balaban J connectivity index is 1.52. The Bertz CT molecular complexity index is 1360. The standard InChI is InChI=1S/C27H28FN5O3/c1-18-16-32(17-29-18)24-12-7-20(15-25(24)34-3)14-21-6-5-13-33-26(21)31-36-27(33,19(2)30-35-4)22-8-10-23(28)11-9-22/h7-12,14-17H,5-6,13H2,1-4H3/b21-14+,30-19+/t27-/m1/s1. The number of aryl methyl sites for hydroxylation is 1. The van der Waals surface area contributed by atoms with Crippen LogP contribution in [-0.4, -0.2) is 46.8 Å². The molecule has 5 rings (SSSR count). The topological polar surface area (TPSA) is 73.5 Å². The van der Waals surface area contributed by atoms with Gasteiger partial charge in [0.2, 0.25) is 0 Å². The number of benzene rings is 2. The van der Waals surface area contributed by atoms with Crippen LogP contribution in [0.4, 0.5) is 4.39 Å². The summed E-state index contributed by atoms with van der Waals surface area (Å²) in [6, 6.07) is 12.3. The van der Waals surface area contributed by atoms with Gasteiger partial charge in [-0.2, -0.15) is 0 Å². The first-order valence-electron chi connectivity index (χ1n) is 11.7. The predicted octanol–water partition coefficient (Wildman–Crippen LogP) is 5.03. The number of piperidine rings is 1. The smallest absolute Gasteiger partial charge is 0.279 e. The highest BCUT2D eigenvalue weighted by molar-refractivity contribution is 6.07. The average molecular weight is 490 g/mol. The zero-order chi connectivity index (χ0) is 25.3. The van der Waals surface area contributed by atoms with Gasteiger partial charge in [0.1, 0.15) is 24.4 Å². The number of oxime groups is 2. The van der Waals surface area contributed by atoms with E-state index in [1.54, 1.807) is 25.6 Å². The molecule has 1 fully saturated rings. The number of methoxy groups -OCH3 is 1. The van der Waals surface area contributed by atoms with E-state index in [4.69, 9.17) is 14.4 Å². The van der Waals surface area contributed by atoms with Crippen molar-refractivity contribution in [1.82, 2.24) is 14.5 Å². The van der Waals surface area contributed by atoms with Crippen LogP contribution in [0.15, 0.2) is 70.9 Å². The first-order valence-corrected chi connectivity index (χ1v) is 11.7. The summed E-state index contributed by atoms with van der Waals surface area (Å²) in [6.07, 6.45) is 7.56. The Morgan fingerprint density at radius 1 is 1.19 bits per heavy atom. The fourth-order valence-corrected chi connectivity index (χ4v) is 4.83. The third kappa shape index (κ3) is 4.00. The molecule has 0 radical (unpaired) electrons. The minimum Gasteiger partial charge on any atom is -0.495 e. The van der Waals surface area contributed by atoms with E-state index >= 15 is 0 Å². The third-order valence-electron chi connectivity index (χ3n) is 6.50. The number of aromatic nitrogens is 2. The Morgan fingerprint density at radius 2 is 2.00 bits per heavy atom. The molecule has 2 aliphatic heterocycles. The van der Waals surface area contributed by atoms with E-state index in [0.29, 0.717) is 12.3 Å². The predicted molar refractivity (Wildman–Crippen MR) is 135 cm³/mol. The van der Waals surface area contributed by atoms with Crippen LogP contribution >= 0.6 is 0 Å². The quantitative estimate of drug-likeness (QED) is 0.359. The van der Waals surface area contributed by atoms with E-state index in [0.717, 1.165) is 52.5 Å². The average Bonchev–Trinajstić information content (AvgIpc) is 3.50. The number of hydrogen-bond acceptors (Lipinski definition) is 7. The molecule has 0 amide bonds. The monoisotopic (exact) mass is 489 g/mol. The maximum absolute atomic E-state index is 13.7. The summed E-state index contributed by atoms with van der Waals surface area (Å²) in [7, 11) is 3.15. The van der Waals surface area contributed by atoms with E-state index in [9.17, 15) is 4.39 Å². The summed E-state index contributed by atoms with van der Waals surface area (Å²) in [6.45, 7) is 4.48. The number of nitrogens with zero attached hydrogens (tertiary/aromatic N) is 5. The summed E-state index contributed by atoms with van der Waals surface area (Å²) in [5, 5.41) is 8.68. The molecule has 8 nitrogen and oxygen atoms in total. The fourth-order valence-electron chi connectivity index (χ4n) is 4.83. The Hall–Kier alpha value is -4.14. The molecule has 1 aromatic heterocycles. The van der Waals surface area contributed by atoms with E-state index in [1.165, 1.54) is 19.2 Å². The molecule has 1 saturated heterocycles. The molecule has 2 aliphatic rings. The first kappa shape index (κ1) is 23.6. The van der Waals surface area contributed by atoms with Crippen molar-refractivity contribution < 1.29 is 18.8 Å². The molecule has 0 unspecified atom stereocenters. The summed E-state index contributed by atoms with van der Waals surface area (Å²) >= 11 is 0. The highest BCUT2D eigenvalue weighted by atomic mass is 19.1. The van der Waals surface area contributed by atoms with Crippen molar-refractivity contribution >= 4 is 17.6 Å². The zero-order valence-electron chi connectivity index (χ0n) is 20.7. The van der Waals surface area contributed by atoms with Gasteiger partial charge < -0.3 is 23.9 Å². The summed E-state index contributed by atoms with van der Waals surface area (Å²) in [5.74, 6) is 1.14. The number of ether oxygens (including phenoxy) is 1. The van der Waals surface area contributed by atoms with Crippen molar-refractivity contribution in [2.45, 2.75) is 32.4 Å². The SMILES string of the molecule is CO/N=C(\C)[C@]1(c2ccc(F)cc2)ON=C2/C(=C/c3ccc(-n4cnc(C)c4)c(OC)c3)CCCN21. The van der Waals surface area contributed by atoms with Gasteiger partial charge in [-0.1, -0.05) is 16.4 Å². The fraction of sp³-hybridized carbons (Fsp3) is 0.296. The van der Waals surface area contributed by atoms with Gasteiger partial charge in [0.25, 0.3) is 5.72 Å². The lowest BCUT2D eigenvalue weighted by molar-refractivity contribution is -0.0508. The lowest BCUT2D eigenvalue weighted by Gasteiger charge is -2.39. The second kappa shape index (κ2) is 9.49. The molecule has 1 atom stereocenters. The second-order valence-corrected chi connectivity index (χ2v) is 8.79. The van der Waals surface area contributed by atoms with Crippen molar-refractivity contribution in [3.8, 4) is 11.4 Å². The van der Waals surface area contributed by atoms with Crippen molar-refractivity contribution in [3.05, 3.63) is 83.2 Å². The molecule has 3 heterocycles. The van der Waals surface area contributed by atoms with Crippen LogP contribution in [0.25, 0.3) is 11.8 Å². The van der Waals surface area contributed by atoms with Crippen LogP contribution in [0.5, 0.6) is 5.75 Å². The van der Waals surface area contributed by atoms with E-state index in [1.807, 2.05) is 42.8 Å². The van der Waals surface area contributed by atoms with Gasteiger partial charge in [0.15, 0.2) is 5.84 Å². The van der Waals surface area contributed by atoms with Gasteiger partial charge in [0.05, 0.1) is 24.8 Å². The summed E-state index contributed by atoms with van der Waals surface area (Å²) in [5.41, 5.74) is 4.04. The van der Waals surface area contributed by atoms with Crippen LogP contribution in [0, 0.1) is 12.7 Å². The normalized spacial score (nSPS) is 20.7. The lowest BCUT2D eigenvalue weighted by Crippen LogP contribution is -2.53. The first-order chi connectivity index (χ1) is 17.5. The molecule has 3 aromatic rings. The maximum Gasteiger partial charge on any atom is 0.279 e. The van der Waals surface area contributed by atoms with Gasteiger partial charge in [-0.15, -0.1) is 0 Å². The number of imidazole rings is 1. The van der Waals surface area contributed by atoms with Crippen molar-refractivity contribution in [3.63, 3.8) is 0 Å². The van der Waals surface area contributed by atoms with Crippen LogP contribution in [0.1, 0.15) is 36.6 Å². The minimum absolute atomic E-state index is 0.322. The number of rotatable bonds is 6. The number of fused-ring (bicyclic) bond motifs is 1. The number of hydrogen-bond donors (Lipinski definition) is 0. The number of halogens is 1. The van der Waals surface area contributed by atoms with Crippen molar-refractivity contribution in [2.75, 3.05) is 20.8 Å². The zero-order valence-corrected chi connectivity index (χ0v) is 20.7. The summed E-state index contributed by atoms with van der Waals surface area (Å²) in [4.78, 5) is 17.6. The van der Waals surface area contributed by atoms with E-state index in [2.05, 4.69) is 26.3 Å². The molecule has 0 spiro atoms. The molecule has 0 saturated carbocycles. The molecule has 2 aromatic carbocycles. The van der Waals surface area contributed by atoms with Gasteiger partial charge in [0, 0.05) is 18.3 Å². The van der Waals surface area contributed by atoms with Crippen LogP contribution in [-0.2, 0) is 15.4 Å². The molecule has 186 valence electrons. The maximum atomic E-state index is 13.7. The molecule has 0 N–H and O–H groups in total. The van der Waals surface area contributed by atoms with Gasteiger partial charge in [-0.3, -0.25) is 0 Å². The third-order valence-corrected chi connectivity index (χ3v) is 6.50. The Kier molecular flexibility index (Phi) is 6.22. The largest absolute Gasteiger partial charge is 0.495 e. The molecular formula is C27H28FN5O3. The van der Waals surface area contributed by atoms with Gasteiger partial charge >= 0.3 is 0 Å². The lowest BCUT2D eigenvalue weighted by atomic mass is 9.92. The van der Waals surface area contributed by atoms with Gasteiger partial charge in [-0.05, 0) is 80.3 Å². The van der Waals surface area contributed by atoms with Crippen molar-refractivity contribution in [2.24, 2.45) is 10.3 Å². The Morgan fingerprint density at radius 3 is 2.69 bits per heavy atom. The molecule has 0 bridgehead atoms. The highest BCUT2D eigenvalue weighted by Crippen LogP contribution is 2.42. The molecule has 0 aliphatic carbocycles. The molecule has 9 heteroatoms. The van der Waals surface area contributed by atoms with E-state index in [-0.39, 0.29) is 5.82 Å². The van der Waals surface area contributed by atoms with E-state index < -0.39 is 5.72 Å². The van der Waals surface area contributed by atoms with Gasteiger partial charge in [-0.25, -0.2) is 9.37 Å². The van der Waals surface area contributed by atoms with Crippen LogP contribution in [0.3, 0.4) is 0 Å².